The van der Waals surface area contributed by atoms with Gasteiger partial charge in [0.15, 0.2) is 6.10 Å². The molecule has 0 saturated carbocycles. The number of carboxylic acid groups (broad SMARTS) is 1. The van der Waals surface area contributed by atoms with Crippen molar-refractivity contribution in [2.24, 2.45) is 0 Å². The highest BCUT2D eigenvalue weighted by atomic mass is 16.5. The van der Waals surface area contributed by atoms with Gasteiger partial charge in [0.25, 0.3) is 0 Å². The Morgan fingerprint density at radius 1 is 1.35 bits per heavy atom. The summed E-state index contributed by atoms with van der Waals surface area (Å²) < 4.78 is 5.41. The van der Waals surface area contributed by atoms with Gasteiger partial charge in [-0.2, -0.15) is 0 Å². The SMILES string of the molecule is Cc1ccc(C)c(C[C@H](OC(C)C)C(=O)O)c1. The van der Waals surface area contributed by atoms with Crippen LogP contribution >= 0.6 is 0 Å². The first kappa shape index (κ1) is 13.7. The molecular formula is C14H20O3. The minimum atomic E-state index is -0.903. The lowest BCUT2D eigenvalue weighted by molar-refractivity contribution is -0.153. The summed E-state index contributed by atoms with van der Waals surface area (Å²) >= 11 is 0. The van der Waals surface area contributed by atoms with Gasteiger partial charge in [-0.1, -0.05) is 23.8 Å². The van der Waals surface area contributed by atoms with Crippen LogP contribution in [0, 0.1) is 13.8 Å². The average Bonchev–Trinajstić information content (AvgIpc) is 2.21. The fourth-order valence-electron chi connectivity index (χ4n) is 1.74. The summed E-state index contributed by atoms with van der Waals surface area (Å²) in [6, 6.07) is 6.06. The van der Waals surface area contributed by atoms with Gasteiger partial charge < -0.3 is 9.84 Å². The Hall–Kier alpha value is -1.35. The molecule has 0 aromatic heterocycles. The molecule has 3 heteroatoms. The van der Waals surface area contributed by atoms with Crippen LogP contribution in [0.3, 0.4) is 0 Å². The lowest BCUT2D eigenvalue weighted by Crippen LogP contribution is -2.29. The molecule has 0 radical (unpaired) electrons. The first-order chi connectivity index (χ1) is 7.90. The van der Waals surface area contributed by atoms with Gasteiger partial charge in [-0.3, -0.25) is 0 Å². The van der Waals surface area contributed by atoms with Gasteiger partial charge in [0, 0.05) is 6.42 Å². The highest BCUT2D eigenvalue weighted by Crippen LogP contribution is 2.15. The van der Waals surface area contributed by atoms with Gasteiger partial charge in [-0.15, -0.1) is 0 Å². The van der Waals surface area contributed by atoms with E-state index in [2.05, 4.69) is 0 Å². The first-order valence-corrected chi connectivity index (χ1v) is 5.84. The number of rotatable bonds is 5. The lowest BCUT2D eigenvalue weighted by Gasteiger charge is -2.17. The van der Waals surface area contributed by atoms with E-state index in [9.17, 15) is 4.79 Å². The van der Waals surface area contributed by atoms with Gasteiger partial charge >= 0.3 is 5.97 Å². The zero-order valence-corrected chi connectivity index (χ0v) is 10.9. The second kappa shape index (κ2) is 5.82. The molecule has 1 N–H and O–H groups in total. The van der Waals surface area contributed by atoms with E-state index in [1.165, 1.54) is 0 Å². The summed E-state index contributed by atoms with van der Waals surface area (Å²) in [5, 5.41) is 9.12. The Balaban J connectivity index is 2.85. The monoisotopic (exact) mass is 236 g/mol. The Labute approximate surface area is 102 Å². The standard InChI is InChI=1S/C14H20O3/c1-9(2)17-13(14(15)16)8-12-7-10(3)5-6-11(12)4/h5-7,9,13H,8H2,1-4H3,(H,15,16)/t13-/m0/s1. The largest absolute Gasteiger partial charge is 0.479 e. The van der Waals surface area contributed by atoms with E-state index in [0.29, 0.717) is 6.42 Å². The van der Waals surface area contributed by atoms with E-state index in [4.69, 9.17) is 9.84 Å². The number of benzene rings is 1. The van der Waals surface area contributed by atoms with Crippen LogP contribution in [-0.2, 0) is 16.0 Å². The molecule has 0 aliphatic heterocycles. The molecule has 0 aliphatic rings. The summed E-state index contributed by atoms with van der Waals surface area (Å²) in [6.07, 6.45) is -0.433. The van der Waals surface area contributed by atoms with Gasteiger partial charge in [0.05, 0.1) is 6.10 Å². The quantitative estimate of drug-likeness (QED) is 0.855. The summed E-state index contributed by atoms with van der Waals surface area (Å²) in [7, 11) is 0. The topological polar surface area (TPSA) is 46.5 Å². The molecule has 0 spiro atoms. The minimum absolute atomic E-state index is 0.0822. The third-order valence-corrected chi connectivity index (χ3v) is 2.62. The smallest absolute Gasteiger partial charge is 0.333 e. The van der Waals surface area contributed by atoms with E-state index < -0.39 is 12.1 Å². The maximum atomic E-state index is 11.1. The Morgan fingerprint density at radius 3 is 2.53 bits per heavy atom. The fraction of sp³-hybridized carbons (Fsp3) is 0.500. The Bertz CT molecular complexity index is 396. The molecule has 0 amide bonds. The summed E-state index contributed by atoms with van der Waals surface area (Å²) in [6.45, 7) is 7.68. The molecule has 1 aromatic rings. The molecule has 17 heavy (non-hydrogen) atoms. The van der Waals surface area contributed by atoms with E-state index in [0.717, 1.165) is 16.7 Å². The third-order valence-electron chi connectivity index (χ3n) is 2.62. The third kappa shape index (κ3) is 4.19. The maximum Gasteiger partial charge on any atom is 0.333 e. The van der Waals surface area contributed by atoms with Crippen molar-refractivity contribution in [1.82, 2.24) is 0 Å². The van der Waals surface area contributed by atoms with Crippen LogP contribution in [0.15, 0.2) is 18.2 Å². The number of aliphatic carboxylic acids is 1. The van der Waals surface area contributed by atoms with Crippen molar-refractivity contribution in [3.63, 3.8) is 0 Å². The number of hydrogen-bond donors (Lipinski definition) is 1. The molecule has 0 aliphatic carbocycles. The molecule has 1 aromatic carbocycles. The maximum absolute atomic E-state index is 11.1. The fourth-order valence-corrected chi connectivity index (χ4v) is 1.74. The van der Waals surface area contributed by atoms with E-state index in [1.54, 1.807) is 0 Å². The van der Waals surface area contributed by atoms with E-state index in [-0.39, 0.29) is 6.10 Å². The zero-order chi connectivity index (χ0) is 13.0. The second-order valence-corrected chi connectivity index (χ2v) is 4.65. The van der Waals surface area contributed by atoms with Gasteiger partial charge in [0.2, 0.25) is 0 Å². The van der Waals surface area contributed by atoms with Crippen LogP contribution in [0.1, 0.15) is 30.5 Å². The second-order valence-electron chi connectivity index (χ2n) is 4.65. The summed E-state index contributed by atoms with van der Waals surface area (Å²) in [4.78, 5) is 11.1. The predicted molar refractivity (Wildman–Crippen MR) is 67.3 cm³/mol. The van der Waals surface area contributed by atoms with Gasteiger partial charge in [-0.05, 0) is 38.8 Å². The molecule has 0 bridgehead atoms. The number of aryl methyl sites for hydroxylation is 2. The van der Waals surface area contributed by atoms with Crippen LogP contribution < -0.4 is 0 Å². The van der Waals surface area contributed by atoms with Gasteiger partial charge in [0.1, 0.15) is 0 Å². The molecule has 0 unspecified atom stereocenters. The molecular weight excluding hydrogens is 216 g/mol. The number of carbonyl (C=O) groups is 1. The van der Waals surface area contributed by atoms with Crippen LogP contribution in [0.4, 0.5) is 0 Å². The summed E-state index contributed by atoms with van der Waals surface area (Å²) in [5.41, 5.74) is 3.28. The van der Waals surface area contributed by atoms with Crippen LogP contribution in [-0.4, -0.2) is 23.3 Å². The predicted octanol–water partition coefficient (Wildman–Crippen LogP) is 2.72. The van der Waals surface area contributed by atoms with Crippen molar-refractivity contribution < 1.29 is 14.6 Å². The van der Waals surface area contributed by atoms with Gasteiger partial charge in [-0.25, -0.2) is 4.79 Å². The number of ether oxygens (including phenoxy) is 1. The minimum Gasteiger partial charge on any atom is -0.479 e. The van der Waals surface area contributed by atoms with Crippen molar-refractivity contribution in [2.75, 3.05) is 0 Å². The average molecular weight is 236 g/mol. The number of hydrogen-bond acceptors (Lipinski definition) is 2. The molecule has 1 atom stereocenters. The van der Waals surface area contributed by atoms with Crippen molar-refractivity contribution in [2.45, 2.75) is 46.3 Å². The number of carboxylic acids is 1. The zero-order valence-electron chi connectivity index (χ0n) is 10.9. The molecule has 0 fully saturated rings. The molecule has 1 rings (SSSR count). The molecule has 0 saturated heterocycles. The normalized spacial score (nSPS) is 12.8. The van der Waals surface area contributed by atoms with Crippen molar-refractivity contribution in [3.8, 4) is 0 Å². The van der Waals surface area contributed by atoms with E-state index >= 15 is 0 Å². The molecule has 3 nitrogen and oxygen atoms in total. The Kier molecular flexibility index (Phi) is 4.70. The van der Waals surface area contributed by atoms with Crippen LogP contribution in [0.2, 0.25) is 0 Å². The van der Waals surface area contributed by atoms with Crippen LogP contribution in [0.25, 0.3) is 0 Å². The van der Waals surface area contributed by atoms with Crippen LogP contribution in [0.5, 0.6) is 0 Å². The van der Waals surface area contributed by atoms with Crippen molar-refractivity contribution >= 4 is 5.97 Å². The Morgan fingerprint density at radius 2 is 2.00 bits per heavy atom. The first-order valence-electron chi connectivity index (χ1n) is 5.84. The highest BCUT2D eigenvalue weighted by Gasteiger charge is 2.20. The van der Waals surface area contributed by atoms with Crippen molar-refractivity contribution in [1.29, 1.82) is 0 Å². The van der Waals surface area contributed by atoms with E-state index in [1.807, 2.05) is 45.9 Å². The highest BCUT2D eigenvalue weighted by molar-refractivity contribution is 5.72. The summed E-state index contributed by atoms with van der Waals surface area (Å²) in [5.74, 6) is -0.903. The van der Waals surface area contributed by atoms with Crippen molar-refractivity contribution in [3.05, 3.63) is 34.9 Å². The lowest BCUT2D eigenvalue weighted by atomic mass is 10.00. The molecule has 94 valence electrons. The molecule has 0 heterocycles.